The second kappa shape index (κ2) is 5.61. The monoisotopic (exact) mass is 373 g/mol. The van der Waals surface area contributed by atoms with Gasteiger partial charge in [0.25, 0.3) is 11.8 Å². The summed E-state index contributed by atoms with van der Waals surface area (Å²) in [6, 6.07) is 11.1. The average molecular weight is 374 g/mol. The first-order valence-corrected chi connectivity index (χ1v) is 7.98. The van der Waals surface area contributed by atoms with E-state index in [4.69, 9.17) is 23.2 Å². The van der Waals surface area contributed by atoms with Crippen molar-refractivity contribution in [2.45, 2.75) is 0 Å². The molecule has 0 atom stereocenters. The van der Waals surface area contributed by atoms with Crippen LogP contribution >= 0.6 is 23.2 Å². The van der Waals surface area contributed by atoms with Crippen LogP contribution in [-0.4, -0.2) is 21.8 Å². The number of benzene rings is 2. The van der Waals surface area contributed by atoms with Gasteiger partial charge >= 0.3 is 0 Å². The second-order valence-electron chi connectivity index (χ2n) is 5.46. The van der Waals surface area contributed by atoms with E-state index in [1.807, 2.05) is 0 Å². The normalized spacial score (nSPS) is 13.4. The van der Waals surface area contributed by atoms with Crippen molar-refractivity contribution in [3.8, 4) is 0 Å². The van der Waals surface area contributed by atoms with E-state index in [1.54, 1.807) is 30.3 Å². The largest absolute Gasteiger partial charge is 0.350 e. The minimum Gasteiger partial charge on any atom is -0.350 e. The predicted octanol–water partition coefficient (Wildman–Crippen LogP) is 3.46. The lowest BCUT2D eigenvalue weighted by Crippen LogP contribution is -2.36. The quantitative estimate of drug-likeness (QED) is 0.673. The zero-order chi connectivity index (χ0) is 17.7. The highest BCUT2D eigenvalue weighted by Gasteiger charge is 2.39. The van der Waals surface area contributed by atoms with Gasteiger partial charge in [-0.2, -0.15) is 5.01 Å². The van der Waals surface area contributed by atoms with Gasteiger partial charge in [-0.15, -0.1) is 0 Å². The number of aromatic nitrogens is 1. The highest BCUT2D eigenvalue weighted by atomic mass is 35.5. The highest BCUT2D eigenvalue weighted by molar-refractivity contribution is 6.31. The Kier molecular flexibility index (Phi) is 3.52. The van der Waals surface area contributed by atoms with Crippen molar-refractivity contribution in [1.29, 1.82) is 0 Å². The maximum atomic E-state index is 12.6. The second-order valence-corrected chi connectivity index (χ2v) is 6.33. The van der Waals surface area contributed by atoms with E-state index < -0.39 is 17.2 Å². The fraction of sp³-hybridized carbons (Fsp3) is 0. The van der Waals surface area contributed by atoms with Crippen LogP contribution in [0.2, 0.25) is 10.0 Å². The molecule has 0 saturated heterocycles. The van der Waals surface area contributed by atoms with E-state index in [0.29, 0.717) is 21.2 Å². The molecule has 0 unspecified atom stereocenters. The standard InChI is InChI=1S/C17H9Cl2N3O3/c18-8-1-4-10(5-2-8)21-22-16(24)13-14(17(22)25)20-12-7-9(19)3-6-11(12)15(13)23/h1-7,21H,(H,20,23). The number of fused-ring (bicyclic) bond motifs is 2. The molecule has 0 fully saturated rings. The Balaban J connectivity index is 1.81. The predicted molar refractivity (Wildman–Crippen MR) is 95.2 cm³/mol. The summed E-state index contributed by atoms with van der Waals surface area (Å²) in [5, 5.41) is 2.02. The van der Waals surface area contributed by atoms with Crippen molar-refractivity contribution in [3.05, 3.63) is 74.0 Å². The van der Waals surface area contributed by atoms with Gasteiger partial charge in [0.1, 0.15) is 11.3 Å². The summed E-state index contributed by atoms with van der Waals surface area (Å²) in [7, 11) is 0. The molecule has 124 valence electrons. The molecule has 1 aliphatic rings. The molecule has 1 aliphatic heterocycles. The van der Waals surface area contributed by atoms with Crippen molar-refractivity contribution in [2.75, 3.05) is 5.43 Å². The summed E-state index contributed by atoms with van der Waals surface area (Å²) >= 11 is 11.7. The molecule has 4 rings (SSSR count). The van der Waals surface area contributed by atoms with Crippen molar-refractivity contribution in [1.82, 2.24) is 9.99 Å². The van der Waals surface area contributed by atoms with Gasteiger partial charge in [-0.1, -0.05) is 23.2 Å². The molecule has 2 heterocycles. The molecule has 3 aromatic rings. The van der Waals surface area contributed by atoms with Crippen molar-refractivity contribution in [3.63, 3.8) is 0 Å². The summed E-state index contributed by atoms with van der Waals surface area (Å²) < 4.78 is 0. The van der Waals surface area contributed by atoms with Crippen molar-refractivity contribution < 1.29 is 9.59 Å². The molecule has 2 aromatic carbocycles. The summed E-state index contributed by atoms with van der Waals surface area (Å²) in [5.41, 5.74) is 2.81. The lowest BCUT2D eigenvalue weighted by atomic mass is 10.1. The van der Waals surface area contributed by atoms with Crippen LogP contribution in [0, 0.1) is 0 Å². The van der Waals surface area contributed by atoms with Gasteiger partial charge in [0, 0.05) is 15.4 Å². The molecule has 25 heavy (non-hydrogen) atoms. The third-order valence-electron chi connectivity index (χ3n) is 3.88. The topological polar surface area (TPSA) is 82.3 Å². The lowest BCUT2D eigenvalue weighted by Gasteiger charge is -2.15. The number of hydrazine groups is 1. The Bertz CT molecular complexity index is 1110. The van der Waals surface area contributed by atoms with E-state index in [1.165, 1.54) is 12.1 Å². The van der Waals surface area contributed by atoms with Crippen LogP contribution in [0.15, 0.2) is 47.3 Å². The number of carbonyl (C=O) groups is 2. The minimum absolute atomic E-state index is 0.0637. The zero-order valence-electron chi connectivity index (χ0n) is 12.5. The van der Waals surface area contributed by atoms with E-state index in [2.05, 4.69) is 10.4 Å². The molecule has 2 N–H and O–H groups in total. The van der Waals surface area contributed by atoms with Crippen LogP contribution in [0.3, 0.4) is 0 Å². The Morgan fingerprint density at radius 1 is 0.880 bits per heavy atom. The highest BCUT2D eigenvalue weighted by Crippen LogP contribution is 2.24. The first-order chi connectivity index (χ1) is 12.0. The minimum atomic E-state index is -0.715. The van der Waals surface area contributed by atoms with Crippen LogP contribution < -0.4 is 10.9 Å². The van der Waals surface area contributed by atoms with E-state index >= 15 is 0 Å². The summed E-state index contributed by atoms with van der Waals surface area (Å²) in [6.45, 7) is 0. The maximum absolute atomic E-state index is 12.6. The number of carbonyl (C=O) groups excluding carboxylic acids is 2. The number of imide groups is 1. The van der Waals surface area contributed by atoms with Crippen LogP contribution in [0.4, 0.5) is 5.69 Å². The molecule has 1 aromatic heterocycles. The number of hydrogen-bond acceptors (Lipinski definition) is 4. The smallest absolute Gasteiger partial charge is 0.297 e. The fourth-order valence-electron chi connectivity index (χ4n) is 2.70. The number of hydrogen-bond donors (Lipinski definition) is 2. The number of rotatable bonds is 2. The molecule has 0 bridgehead atoms. The first-order valence-electron chi connectivity index (χ1n) is 7.22. The average Bonchev–Trinajstić information content (AvgIpc) is 2.81. The van der Waals surface area contributed by atoms with E-state index in [0.717, 1.165) is 5.01 Å². The third-order valence-corrected chi connectivity index (χ3v) is 4.37. The van der Waals surface area contributed by atoms with E-state index in [9.17, 15) is 14.4 Å². The molecule has 0 aliphatic carbocycles. The van der Waals surface area contributed by atoms with Gasteiger partial charge in [-0.05, 0) is 42.5 Å². The number of nitrogens with zero attached hydrogens (tertiary/aromatic N) is 1. The van der Waals surface area contributed by atoms with Crippen LogP contribution in [0.5, 0.6) is 0 Å². The maximum Gasteiger partial charge on any atom is 0.297 e. The molecule has 0 spiro atoms. The van der Waals surface area contributed by atoms with Gasteiger partial charge < -0.3 is 4.98 Å². The van der Waals surface area contributed by atoms with Gasteiger partial charge in [0.05, 0.1) is 11.2 Å². The summed E-state index contributed by atoms with van der Waals surface area (Å²) in [5.74, 6) is -1.36. The van der Waals surface area contributed by atoms with Crippen LogP contribution in [0.25, 0.3) is 10.9 Å². The SMILES string of the molecule is O=C1c2[nH]c3cc(Cl)ccc3c(=O)c2C(=O)N1Nc1ccc(Cl)cc1. The Hall–Kier alpha value is -2.83. The Morgan fingerprint density at radius 3 is 2.28 bits per heavy atom. The van der Waals surface area contributed by atoms with E-state index in [-0.39, 0.29) is 16.6 Å². The number of amides is 2. The van der Waals surface area contributed by atoms with Crippen LogP contribution in [-0.2, 0) is 0 Å². The molecular formula is C17H9Cl2N3O3. The number of nitrogens with one attached hydrogen (secondary N) is 2. The lowest BCUT2D eigenvalue weighted by molar-refractivity contribution is 0.0689. The number of aromatic amines is 1. The van der Waals surface area contributed by atoms with Gasteiger partial charge in [0.15, 0.2) is 0 Å². The molecule has 0 radical (unpaired) electrons. The molecule has 0 saturated carbocycles. The number of H-pyrrole nitrogens is 1. The third kappa shape index (κ3) is 2.47. The van der Waals surface area contributed by atoms with Crippen molar-refractivity contribution in [2.24, 2.45) is 0 Å². The molecular weight excluding hydrogens is 365 g/mol. The number of pyridine rings is 1. The molecule has 8 heteroatoms. The molecule has 6 nitrogen and oxygen atoms in total. The first kappa shape index (κ1) is 15.7. The van der Waals surface area contributed by atoms with Crippen molar-refractivity contribution >= 4 is 51.6 Å². The Morgan fingerprint density at radius 2 is 1.56 bits per heavy atom. The van der Waals surface area contributed by atoms with Gasteiger partial charge in [-0.3, -0.25) is 19.8 Å². The zero-order valence-corrected chi connectivity index (χ0v) is 14.0. The number of halogens is 2. The molecule has 2 amide bonds. The van der Waals surface area contributed by atoms with Gasteiger partial charge in [0.2, 0.25) is 5.43 Å². The summed E-state index contributed by atoms with van der Waals surface area (Å²) in [6.07, 6.45) is 0. The Labute approximate surface area is 150 Å². The number of anilines is 1. The fourth-order valence-corrected chi connectivity index (χ4v) is 3.00. The van der Waals surface area contributed by atoms with Gasteiger partial charge in [-0.25, -0.2) is 0 Å². The van der Waals surface area contributed by atoms with Crippen LogP contribution in [0.1, 0.15) is 20.8 Å². The summed E-state index contributed by atoms with van der Waals surface area (Å²) in [4.78, 5) is 40.6.